The lowest BCUT2D eigenvalue weighted by atomic mass is 9.98. The van der Waals surface area contributed by atoms with E-state index in [0.717, 1.165) is 31.4 Å². The Bertz CT molecular complexity index is 602. The van der Waals surface area contributed by atoms with E-state index in [-0.39, 0.29) is 11.9 Å². The lowest BCUT2D eigenvalue weighted by molar-refractivity contribution is 0.0197. The minimum Gasteiger partial charge on any atom is -0.456 e. The van der Waals surface area contributed by atoms with Gasteiger partial charge in [-0.1, -0.05) is 6.42 Å². The number of carbonyl (C=O) groups excluding carboxylic acids is 1. The average molecular weight is 260 g/mol. The van der Waals surface area contributed by atoms with Crippen molar-refractivity contribution in [2.75, 3.05) is 0 Å². The standard InChI is InChI=1S/C13H16N4O2/c1-9-7-8-14-13-15-11(16-17(9)13)12(18)19-10-5-3-2-4-6-10/h7-8,10H,2-6H2,1H3. The monoisotopic (exact) mass is 260 g/mol. The molecule has 0 radical (unpaired) electrons. The van der Waals surface area contributed by atoms with Gasteiger partial charge in [0.1, 0.15) is 6.10 Å². The van der Waals surface area contributed by atoms with E-state index < -0.39 is 5.97 Å². The van der Waals surface area contributed by atoms with Gasteiger partial charge in [0.2, 0.25) is 0 Å². The van der Waals surface area contributed by atoms with Crippen LogP contribution in [0.1, 0.15) is 48.4 Å². The Kier molecular flexibility index (Phi) is 3.15. The van der Waals surface area contributed by atoms with Gasteiger partial charge in [-0.2, -0.15) is 4.98 Å². The average Bonchev–Trinajstić information content (AvgIpc) is 2.85. The number of carbonyl (C=O) groups is 1. The zero-order valence-electron chi connectivity index (χ0n) is 10.9. The van der Waals surface area contributed by atoms with E-state index in [0.29, 0.717) is 5.78 Å². The summed E-state index contributed by atoms with van der Waals surface area (Å²) in [6.45, 7) is 1.89. The number of hydrogen-bond acceptors (Lipinski definition) is 5. The van der Waals surface area contributed by atoms with Crippen molar-refractivity contribution < 1.29 is 9.53 Å². The summed E-state index contributed by atoms with van der Waals surface area (Å²) < 4.78 is 6.99. The van der Waals surface area contributed by atoms with Crippen LogP contribution >= 0.6 is 0 Å². The second kappa shape index (κ2) is 4.95. The highest BCUT2D eigenvalue weighted by molar-refractivity contribution is 5.85. The quantitative estimate of drug-likeness (QED) is 0.771. The summed E-state index contributed by atoms with van der Waals surface area (Å²) in [5, 5.41) is 4.15. The predicted molar refractivity (Wildman–Crippen MR) is 67.8 cm³/mol. The number of esters is 1. The molecular formula is C13H16N4O2. The number of ether oxygens (including phenoxy) is 1. The summed E-state index contributed by atoms with van der Waals surface area (Å²) >= 11 is 0. The van der Waals surface area contributed by atoms with Crippen LogP contribution < -0.4 is 0 Å². The molecule has 0 N–H and O–H groups in total. The molecule has 0 amide bonds. The highest BCUT2D eigenvalue weighted by Crippen LogP contribution is 2.21. The van der Waals surface area contributed by atoms with Gasteiger partial charge in [-0.25, -0.2) is 14.3 Å². The Morgan fingerprint density at radius 2 is 2.16 bits per heavy atom. The number of aryl methyl sites for hydroxylation is 1. The second-order valence-electron chi connectivity index (χ2n) is 4.90. The molecular weight excluding hydrogens is 244 g/mol. The molecule has 1 aliphatic carbocycles. The van der Waals surface area contributed by atoms with Crippen molar-refractivity contribution in [3.8, 4) is 0 Å². The minimum absolute atomic E-state index is 0.0157. The number of nitrogens with zero attached hydrogens (tertiary/aromatic N) is 4. The molecule has 0 unspecified atom stereocenters. The van der Waals surface area contributed by atoms with Gasteiger partial charge >= 0.3 is 5.97 Å². The van der Waals surface area contributed by atoms with Gasteiger partial charge in [0, 0.05) is 11.9 Å². The van der Waals surface area contributed by atoms with Crippen molar-refractivity contribution in [2.24, 2.45) is 0 Å². The fourth-order valence-corrected chi connectivity index (χ4v) is 2.38. The first-order valence-corrected chi connectivity index (χ1v) is 6.63. The Hall–Kier alpha value is -1.98. The third-order valence-electron chi connectivity index (χ3n) is 3.44. The molecule has 3 rings (SSSR count). The molecule has 1 fully saturated rings. The molecule has 0 saturated heterocycles. The van der Waals surface area contributed by atoms with E-state index in [9.17, 15) is 4.79 Å². The predicted octanol–water partition coefficient (Wildman–Crippen LogP) is 1.92. The topological polar surface area (TPSA) is 69.4 Å². The Morgan fingerprint density at radius 3 is 2.89 bits per heavy atom. The van der Waals surface area contributed by atoms with E-state index in [2.05, 4.69) is 15.1 Å². The maximum atomic E-state index is 12.0. The van der Waals surface area contributed by atoms with Crippen LogP contribution in [0, 0.1) is 6.92 Å². The van der Waals surface area contributed by atoms with Crippen LogP contribution in [0.25, 0.3) is 5.78 Å². The molecule has 0 spiro atoms. The van der Waals surface area contributed by atoms with E-state index >= 15 is 0 Å². The molecule has 6 nitrogen and oxygen atoms in total. The maximum Gasteiger partial charge on any atom is 0.378 e. The van der Waals surface area contributed by atoms with Gasteiger partial charge < -0.3 is 4.74 Å². The number of fused-ring (bicyclic) bond motifs is 1. The van der Waals surface area contributed by atoms with Crippen LogP contribution in [0.5, 0.6) is 0 Å². The van der Waals surface area contributed by atoms with Crippen LogP contribution in [0.2, 0.25) is 0 Å². The molecule has 0 aromatic carbocycles. The zero-order valence-corrected chi connectivity index (χ0v) is 10.9. The largest absolute Gasteiger partial charge is 0.456 e. The molecule has 2 heterocycles. The second-order valence-corrected chi connectivity index (χ2v) is 4.90. The van der Waals surface area contributed by atoms with Crippen LogP contribution in [0.4, 0.5) is 0 Å². The van der Waals surface area contributed by atoms with Crippen molar-refractivity contribution in [3.63, 3.8) is 0 Å². The molecule has 0 aliphatic heterocycles. The first-order chi connectivity index (χ1) is 9.24. The van der Waals surface area contributed by atoms with Crippen LogP contribution in [0.3, 0.4) is 0 Å². The fraction of sp³-hybridized carbons (Fsp3) is 0.538. The molecule has 0 atom stereocenters. The summed E-state index contributed by atoms with van der Waals surface area (Å²) in [5.41, 5.74) is 0.884. The van der Waals surface area contributed by atoms with Gasteiger partial charge in [-0.15, -0.1) is 5.10 Å². The van der Waals surface area contributed by atoms with Crippen molar-refractivity contribution in [3.05, 3.63) is 23.8 Å². The van der Waals surface area contributed by atoms with E-state index in [1.54, 1.807) is 10.7 Å². The summed E-state index contributed by atoms with van der Waals surface area (Å²) in [4.78, 5) is 20.2. The molecule has 2 aromatic rings. The first kappa shape index (κ1) is 12.1. The number of hydrogen-bond donors (Lipinski definition) is 0. The van der Waals surface area contributed by atoms with E-state index in [4.69, 9.17) is 4.74 Å². The van der Waals surface area contributed by atoms with Gasteiger partial charge in [-0.05, 0) is 38.7 Å². The van der Waals surface area contributed by atoms with Crippen molar-refractivity contribution in [1.29, 1.82) is 0 Å². The SMILES string of the molecule is Cc1ccnc2nc(C(=O)OC3CCCCC3)nn12. The molecule has 100 valence electrons. The van der Waals surface area contributed by atoms with Gasteiger partial charge in [0.15, 0.2) is 0 Å². The smallest absolute Gasteiger partial charge is 0.378 e. The molecule has 1 saturated carbocycles. The number of rotatable bonds is 2. The van der Waals surface area contributed by atoms with Crippen LogP contribution in [-0.4, -0.2) is 31.7 Å². The molecule has 0 bridgehead atoms. The lowest BCUT2D eigenvalue weighted by Gasteiger charge is -2.20. The van der Waals surface area contributed by atoms with Crippen molar-refractivity contribution >= 4 is 11.7 Å². The fourth-order valence-electron chi connectivity index (χ4n) is 2.38. The molecule has 2 aromatic heterocycles. The van der Waals surface area contributed by atoms with Crippen LogP contribution in [0.15, 0.2) is 12.3 Å². The Balaban J connectivity index is 1.79. The first-order valence-electron chi connectivity index (χ1n) is 6.63. The number of aromatic nitrogens is 4. The summed E-state index contributed by atoms with van der Waals surface area (Å²) in [5.74, 6) is 0.0692. The third-order valence-corrected chi connectivity index (χ3v) is 3.44. The summed E-state index contributed by atoms with van der Waals surface area (Å²) in [7, 11) is 0. The highest BCUT2D eigenvalue weighted by Gasteiger charge is 2.22. The Labute approximate surface area is 110 Å². The summed E-state index contributed by atoms with van der Waals surface area (Å²) in [6.07, 6.45) is 7.02. The van der Waals surface area contributed by atoms with Crippen molar-refractivity contribution in [2.45, 2.75) is 45.1 Å². The highest BCUT2D eigenvalue weighted by atomic mass is 16.5. The molecule has 6 heteroatoms. The lowest BCUT2D eigenvalue weighted by Crippen LogP contribution is -2.21. The minimum atomic E-state index is -0.447. The van der Waals surface area contributed by atoms with Gasteiger partial charge in [0.25, 0.3) is 11.6 Å². The zero-order chi connectivity index (χ0) is 13.2. The summed E-state index contributed by atoms with van der Waals surface area (Å²) in [6, 6.07) is 1.82. The maximum absolute atomic E-state index is 12.0. The van der Waals surface area contributed by atoms with Crippen LogP contribution in [-0.2, 0) is 4.74 Å². The molecule has 1 aliphatic rings. The van der Waals surface area contributed by atoms with Gasteiger partial charge in [-0.3, -0.25) is 0 Å². The molecule has 19 heavy (non-hydrogen) atoms. The normalized spacial score (nSPS) is 16.7. The third kappa shape index (κ3) is 2.43. The van der Waals surface area contributed by atoms with E-state index in [1.807, 2.05) is 13.0 Å². The Morgan fingerprint density at radius 1 is 1.37 bits per heavy atom. The van der Waals surface area contributed by atoms with Gasteiger partial charge in [0.05, 0.1) is 0 Å². The van der Waals surface area contributed by atoms with Crippen molar-refractivity contribution in [1.82, 2.24) is 19.6 Å². The van der Waals surface area contributed by atoms with E-state index in [1.165, 1.54) is 6.42 Å².